The molecule has 0 unspecified atom stereocenters. The molecule has 0 spiro atoms. The Balaban J connectivity index is 1.69. The van der Waals surface area contributed by atoms with Crippen LogP contribution in [0.3, 0.4) is 0 Å². The quantitative estimate of drug-likeness (QED) is 0.756. The molecular weight excluding hydrogens is 322 g/mol. The number of rotatable bonds is 3. The largest absolute Gasteiger partial charge is 0.440 e. The highest BCUT2D eigenvalue weighted by atomic mass is 35.5. The molecule has 0 aliphatic heterocycles. The highest BCUT2D eigenvalue weighted by Gasteiger charge is 2.18. The van der Waals surface area contributed by atoms with Crippen LogP contribution < -0.4 is 5.32 Å². The number of anilines is 1. The molecule has 0 saturated carbocycles. The van der Waals surface area contributed by atoms with Crippen molar-refractivity contribution in [1.82, 2.24) is 9.38 Å². The molecule has 2 aromatic heterocycles. The van der Waals surface area contributed by atoms with Gasteiger partial charge in [-0.05, 0) is 38.1 Å². The van der Waals surface area contributed by atoms with Gasteiger partial charge in [0.25, 0.3) is 0 Å². The van der Waals surface area contributed by atoms with Crippen LogP contribution in [0.5, 0.6) is 0 Å². The molecule has 22 heavy (non-hydrogen) atoms. The van der Waals surface area contributed by atoms with E-state index in [1.165, 1.54) is 11.3 Å². The Labute approximate surface area is 136 Å². The van der Waals surface area contributed by atoms with Crippen LogP contribution in [-0.4, -0.2) is 15.5 Å². The number of fused-ring (bicyclic) bond motifs is 1. The molecule has 1 aromatic carbocycles. The van der Waals surface area contributed by atoms with Gasteiger partial charge in [-0.25, -0.2) is 9.78 Å². The number of nitrogens with one attached hydrogen (secondary N) is 1. The molecule has 0 radical (unpaired) electrons. The van der Waals surface area contributed by atoms with E-state index in [0.717, 1.165) is 15.5 Å². The minimum atomic E-state index is -0.500. The molecule has 0 fully saturated rings. The lowest BCUT2D eigenvalue weighted by molar-refractivity contribution is 0.122. The Morgan fingerprint density at radius 2 is 2.14 bits per heavy atom. The first-order valence-corrected chi connectivity index (χ1v) is 7.89. The number of hydrogen-bond acceptors (Lipinski definition) is 4. The minimum absolute atomic E-state index is 0.348. The Hall–Kier alpha value is -2.05. The third-order valence-electron chi connectivity index (χ3n) is 3.27. The van der Waals surface area contributed by atoms with Crippen LogP contribution in [0.4, 0.5) is 10.5 Å². The van der Waals surface area contributed by atoms with E-state index in [9.17, 15) is 4.79 Å². The highest BCUT2D eigenvalue weighted by Crippen LogP contribution is 2.30. The van der Waals surface area contributed by atoms with Crippen LogP contribution >= 0.6 is 22.9 Å². The Morgan fingerprint density at radius 3 is 2.82 bits per heavy atom. The van der Waals surface area contributed by atoms with Crippen molar-refractivity contribution in [3.8, 4) is 0 Å². The summed E-state index contributed by atoms with van der Waals surface area (Å²) in [6, 6.07) is 6.86. The van der Waals surface area contributed by atoms with E-state index in [2.05, 4.69) is 10.3 Å². The maximum absolute atomic E-state index is 12.0. The molecule has 3 aromatic rings. The van der Waals surface area contributed by atoms with Gasteiger partial charge in [0.2, 0.25) is 0 Å². The number of carbonyl (C=O) groups is 1. The number of carbonyl (C=O) groups excluding carboxylic acids is 1. The van der Waals surface area contributed by atoms with Gasteiger partial charge in [0, 0.05) is 28.8 Å². The number of amides is 1. The lowest BCUT2D eigenvalue weighted by Crippen LogP contribution is -2.16. The molecule has 0 aliphatic carbocycles. The van der Waals surface area contributed by atoms with Crippen LogP contribution in [0.15, 0.2) is 36.7 Å². The number of aromatic nitrogens is 2. The number of benzene rings is 1. The predicted molar refractivity (Wildman–Crippen MR) is 87.8 cm³/mol. The summed E-state index contributed by atoms with van der Waals surface area (Å²) in [5.41, 5.74) is 1.67. The van der Waals surface area contributed by atoms with Gasteiger partial charge in [-0.3, -0.25) is 9.72 Å². The zero-order valence-electron chi connectivity index (χ0n) is 12.0. The van der Waals surface area contributed by atoms with E-state index in [1.807, 2.05) is 24.4 Å². The van der Waals surface area contributed by atoms with Crippen LogP contribution in [-0.2, 0) is 4.74 Å². The summed E-state index contributed by atoms with van der Waals surface area (Å²) in [6.07, 6.45) is 2.80. The first-order valence-electron chi connectivity index (χ1n) is 6.70. The van der Waals surface area contributed by atoms with Crippen molar-refractivity contribution in [3.63, 3.8) is 0 Å². The Bertz CT molecular complexity index is 810. The monoisotopic (exact) mass is 335 g/mol. The van der Waals surface area contributed by atoms with Crippen LogP contribution in [0, 0.1) is 6.92 Å². The molecule has 1 amide bonds. The van der Waals surface area contributed by atoms with E-state index < -0.39 is 6.09 Å². The second-order valence-corrected chi connectivity index (χ2v) is 6.26. The number of ether oxygens (including phenoxy) is 1. The maximum atomic E-state index is 12.0. The van der Waals surface area contributed by atoms with Crippen LogP contribution in [0.2, 0.25) is 5.02 Å². The van der Waals surface area contributed by atoms with Gasteiger partial charge in [-0.2, -0.15) is 0 Å². The smallest absolute Gasteiger partial charge is 0.412 e. The van der Waals surface area contributed by atoms with E-state index in [1.54, 1.807) is 30.5 Å². The third kappa shape index (κ3) is 2.93. The highest BCUT2D eigenvalue weighted by molar-refractivity contribution is 7.17. The van der Waals surface area contributed by atoms with Gasteiger partial charge in [0.05, 0.1) is 4.88 Å². The van der Waals surface area contributed by atoms with Gasteiger partial charge < -0.3 is 4.74 Å². The number of nitrogens with zero attached hydrogens (tertiary/aromatic N) is 2. The molecule has 114 valence electrons. The summed E-state index contributed by atoms with van der Waals surface area (Å²) in [6.45, 7) is 3.83. The summed E-state index contributed by atoms with van der Waals surface area (Å²) in [7, 11) is 0. The zero-order valence-corrected chi connectivity index (χ0v) is 13.6. The normalized spacial score (nSPS) is 12.3. The number of thiazole rings is 1. The van der Waals surface area contributed by atoms with Crippen molar-refractivity contribution in [2.45, 2.75) is 20.0 Å². The summed E-state index contributed by atoms with van der Waals surface area (Å²) in [5, 5.41) is 3.29. The van der Waals surface area contributed by atoms with Gasteiger partial charge in [0.15, 0.2) is 4.96 Å². The number of imidazole rings is 1. The van der Waals surface area contributed by atoms with E-state index in [4.69, 9.17) is 16.3 Å². The fourth-order valence-corrected chi connectivity index (χ4v) is 3.38. The number of halogens is 1. The molecule has 3 rings (SSSR count). The fraction of sp³-hybridized carbons (Fsp3) is 0.200. The lowest BCUT2D eigenvalue weighted by atomic mass is 10.3. The fourth-order valence-electron chi connectivity index (χ4n) is 2.18. The topological polar surface area (TPSA) is 55.6 Å². The van der Waals surface area contributed by atoms with Crippen molar-refractivity contribution in [2.24, 2.45) is 0 Å². The molecular formula is C15H14ClN3O2S. The molecule has 1 atom stereocenters. The summed E-state index contributed by atoms with van der Waals surface area (Å²) < 4.78 is 7.42. The van der Waals surface area contributed by atoms with Gasteiger partial charge in [-0.15, -0.1) is 0 Å². The van der Waals surface area contributed by atoms with E-state index >= 15 is 0 Å². The second kappa shape index (κ2) is 5.98. The van der Waals surface area contributed by atoms with Gasteiger partial charge >= 0.3 is 6.09 Å². The molecule has 2 heterocycles. The van der Waals surface area contributed by atoms with E-state index in [-0.39, 0.29) is 6.10 Å². The molecule has 0 bridgehead atoms. The zero-order chi connectivity index (χ0) is 15.7. The summed E-state index contributed by atoms with van der Waals surface area (Å²) in [4.78, 5) is 18.1. The summed E-state index contributed by atoms with van der Waals surface area (Å²) in [5.74, 6) is 0. The van der Waals surface area contributed by atoms with Crippen LogP contribution in [0.25, 0.3) is 4.96 Å². The third-order valence-corrected chi connectivity index (χ3v) is 4.85. The summed E-state index contributed by atoms with van der Waals surface area (Å²) >= 11 is 7.33. The predicted octanol–water partition coefficient (Wildman–Crippen LogP) is 4.67. The number of aryl methyl sites for hydroxylation is 1. The SMILES string of the molecule is Cc1c([C@@H](C)OC(=O)Nc2ccc(Cl)cc2)sc2nccn12. The average Bonchev–Trinajstić information content (AvgIpc) is 3.05. The average molecular weight is 336 g/mol. The molecule has 0 aliphatic rings. The van der Waals surface area contributed by atoms with Crippen molar-refractivity contribution in [2.75, 3.05) is 5.32 Å². The Morgan fingerprint density at radius 1 is 1.41 bits per heavy atom. The van der Waals surface area contributed by atoms with Crippen LogP contribution in [0.1, 0.15) is 23.6 Å². The van der Waals surface area contributed by atoms with Crippen molar-refractivity contribution >= 4 is 39.7 Å². The first-order chi connectivity index (χ1) is 10.5. The van der Waals surface area contributed by atoms with Crippen molar-refractivity contribution in [1.29, 1.82) is 0 Å². The molecule has 7 heteroatoms. The second-order valence-electron chi connectivity index (χ2n) is 4.81. The van der Waals surface area contributed by atoms with E-state index in [0.29, 0.717) is 10.7 Å². The van der Waals surface area contributed by atoms with Crippen molar-refractivity contribution in [3.05, 3.63) is 52.3 Å². The van der Waals surface area contributed by atoms with Crippen molar-refractivity contribution < 1.29 is 9.53 Å². The van der Waals surface area contributed by atoms with Gasteiger partial charge in [0.1, 0.15) is 6.10 Å². The maximum Gasteiger partial charge on any atom is 0.412 e. The van der Waals surface area contributed by atoms with Gasteiger partial charge in [-0.1, -0.05) is 22.9 Å². The first kappa shape index (κ1) is 14.9. The minimum Gasteiger partial charge on any atom is -0.440 e. The lowest BCUT2D eigenvalue weighted by Gasteiger charge is -2.13. The standard InChI is InChI=1S/C15H14ClN3O2S/c1-9-13(22-14-17-7-8-19(9)14)10(2)21-15(20)18-12-5-3-11(16)4-6-12/h3-8,10H,1-2H3,(H,18,20)/t10-/m1/s1. The molecule has 5 nitrogen and oxygen atoms in total. The molecule has 1 N–H and O–H groups in total. The molecule has 0 saturated heterocycles. The number of hydrogen-bond donors (Lipinski definition) is 1. The Kier molecular flexibility index (Phi) is 4.04.